The molecule has 0 radical (unpaired) electrons. The molecule has 1 saturated carbocycles. The largest absolute Gasteiger partial charge is 0.383 e. The van der Waals surface area contributed by atoms with Gasteiger partial charge in [0.1, 0.15) is 5.82 Å². The van der Waals surface area contributed by atoms with E-state index in [0.717, 1.165) is 15.3 Å². The Morgan fingerprint density at radius 1 is 1.64 bits per heavy atom. The molecule has 0 amide bonds. The van der Waals surface area contributed by atoms with Crippen LogP contribution in [-0.2, 0) is 0 Å². The van der Waals surface area contributed by atoms with Gasteiger partial charge in [-0.15, -0.1) is 0 Å². The van der Waals surface area contributed by atoms with Crippen molar-refractivity contribution in [3.05, 3.63) is 9.77 Å². The van der Waals surface area contributed by atoms with Crippen molar-refractivity contribution in [3.63, 3.8) is 0 Å². The van der Waals surface area contributed by atoms with E-state index >= 15 is 0 Å². The van der Waals surface area contributed by atoms with E-state index in [0.29, 0.717) is 6.04 Å². The van der Waals surface area contributed by atoms with Gasteiger partial charge in [0.25, 0.3) is 0 Å². The van der Waals surface area contributed by atoms with Crippen LogP contribution < -0.4 is 5.73 Å². The highest BCUT2D eigenvalue weighted by atomic mass is 127. The van der Waals surface area contributed by atoms with Gasteiger partial charge in [-0.2, -0.15) is 5.10 Å². The first-order valence-electron chi connectivity index (χ1n) is 5.22. The number of nitrogen functional groups attached to an aromatic ring is 1. The summed E-state index contributed by atoms with van der Waals surface area (Å²) >= 11 is 2.24. The molecule has 1 heterocycles. The lowest BCUT2D eigenvalue weighted by molar-refractivity contribution is 0.347. The van der Waals surface area contributed by atoms with Crippen molar-refractivity contribution in [1.82, 2.24) is 9.78 Å². The van der Waals surface area contributed by atoms with Gasteiger partial charge in [-0.25, -0.2) is 4.68 Å². The fourth-order valence-electron chi connectivity index (χ4n) is 2.43. The Hall–Kier alpha value is -0.260. The molecule has 4 heteroatoms. The number of anilines is 1. The van der Waals surface area contributed by atoms with Crippen LogP contribution in [0.1, 0.15) is 38.6 Å². The van der Waals surface area contributed by atoms with Crippen LogP contribution in [0.4, 0.5) is 5.82 Å². The maximum Gasteiger partial charge on any atom is 0.135 e. The fourth-order valence-corrected chi connectivity index (χ4v) is 2.80. The van der Waals surface area contributed by atoms with Crippen molar-refractivity contribution in [2.75, 3.05) is 5.73 Å². The van der Waals surface area contributed by atoms with E-state index in [9.17, 15) is 0 Å². The minimum Gasteiger partial charge on any atom is -0.383 e. The first kappa shape index (κ1) is 10.3. The second kappa shape index (κ2) is 4.08. The minimum absolute atomic E-state index is 0.545. The van der Waals surface area contributed by atoms with Gasteiger partial charge < -0.3 is 5.73 Å². The summed E-state index contributed by atoms with van der Waals surface area (Å²) in [4.78, 5) is 0. The number of hydrogen-bond acceptors (Lipinski definition) is 2. The van der Waals surface area contributed by atoms with E-state index in [1.54, 1.807) is 0 Å². The molecule has 2 rings (SSSR count). The molecule has 1 aliphatic rings. The van der Waals surface area contributed by atoms with E-state index in [1.165, 1.54) is 25.7 Å². The number of hydrogen-bond donors (Lipinski definition) is 1. The second-order valence-electron chi connectivity index (χ2n) is 3.99. The third-order valence-corrected chi connectivity index (χ3v) is 4.08. The molecule has 3 nitrogen and oxygen atoms in total. The van der Waals surface area contributed by atoms with E-state index in [1.807, 2.05) is 10.9 Å². The van der Waals surface area contributed by atoms with Gasteiger partial charge in [-0.1, -0.05) is 19.8 Å². The van der Waals surface area contributed by atoms with Crippen LogP contribution in [0.3, 0.4) is 0 Å². The quantitative estimate of drug-likeness (QED) is 0.854. The molecule has 1 aliphatic carbocycles. The lowest BCUT2D eigenvalue weighted by Gasteiger charge is -2.19. The van der Waals surface area contributed by atoms with Crippen LogP contribution in [0.2, 0.25) is 0 Å². The van der Waals surface area contributed by atoms with Crippen LogP contribution in [0, 0.1) is 9.49 Å². The summed E-state index contributed by atoms with van der Waals surface area (Å²) in [6.45, 7) is 2.26. The lowest BCUT2D eigenvalue weighted by Crippen LogP contribution is -2.16. The molecule has 14 heavy (non-hydrogen) atoms. The molecular weight excluding hydrogens is 289 g/mol. The maximum atomic E-state index is 5.99. The monoisotopic (exact) mass is 305 g/mol. The SMILES string of the molecule is CCC1CCCC1n1ncc(I)c1N. The molecule has 0 bridgehead atoms. The third-order valence-electron chi connectivity index (χ3n) is 3.24. The molecule has 78 valence electrons. The molecule has 0 spiro atoms. The molecule has 0 aliphatic heterocycles. The Bertz CT molecular complexity index is 321. The highest BCUT2D eigenvalue weighted by Gasteiger charge is 2.29. The van der Waals surface area contributed by atoms with Gasteiger partial charge in [-0.3, -0.25) is 0 Å². The summed E-state index contributed by atoms with van der Waals surface area (Å²) in [6, 6.07) is 0.545. The van der Waals surface area contributed by atoms with Gasteiger partial charge in [0, 0.05) is 0 Å². The molecule has 1 aromatic heterocycles. The predicted molar refractivity (Wildman–Crippen MR) is 66.0 cm³/mol. The highest BCUT2D eigenvalue weighted by molar-refractivity contribution is 14.1. The van der Waals surface area contributed by atoms with Crippen LogP contribution in [0.5, 0.6) is 0 Å². The standard InChI is InChI=1S/C10H16IN3/c1-2-7-4-3-5-9(7)14-10(12)8(11)6-13-14/h6-7,9H,2-5,12H2,1H3. The highest BCUT2D eigenvalue weighted by Crippen LogP contribution is 2.38. The molecule has 0 saturated heterocycles. The van der Waals surface area contributed by atoms with E-state index in [4.69, 9.17) is 5.73 Å². The molecule has 0 aromatic carbocycles. The Kier molecular flexibility index (Phi) is 2.99. The van der Waals surface area contributed by atoms with Gasteiger partial charge in [-0.05, 0) is 41.4 Å². The lowest BCUT2D eigenvalue weighted by atomic mass is 10.0. The normalized spacial score (nSPS) is 27.0. The van der Waals surface area contributed by atoms with Gasteiger partial charge in [0.2, 0.25) is 0 Å². The summed E-state index contributed by atoms with van der Waals surface area (Å²) in [5.74, 6) is 1.61. The fraction of sp³-hybridized carbons (Fsp3) is 0.700. The van der Waals surface area contributed by atoms with Crippen LogP contribution in [0.15, 0.2) is 6.20 Å². The van der Waals surface area contributed by atoms with Crippen LogP contribution in [-0.4, -0.2) is 9.78 Å². The number of nitrogens with zero attached hydrogens (tertiary/aromatic N) is 2. The Morgan fingerprint density at radius 3 is 3.00 bits per heavy atom. The van der Waals surface area contributed by atoms with Crippen molar-refractivity contribution in [2.45, 2.75) is 38.6 Å². The van der Waals surface area contributed by atoms with Gasteiger partial charge >= 0.3 is 0 Å². The van der Waals surface area contributed by atoms with E-state index in [-0.39, 0.29) is 0 Å². The molecule has 2 N–H and O–H groups in total. The average Bonchev–Trinajstić information content (AvgIpc) is 2.75. The summed E-state index contributed by atoms with van der Waals surface area (Å²) < 4.78 is 3.10. The average molecular weight is 305 g/mol. The Labute approximate surface area is 98.2 Å². The minimum atomic E-state index is 0.545. The van der Waals surface area contributed by atoms with Gasteiger partial charge in [0.15, 0.2) is 0 Å². The number of halogens is 1. The first-order valence-corrected chi connectivity index (χ1v) is 6.30. The van der Waals surface area contributed by atoms with Crippen molar-refractivity contribution >= 4 is 28.4 Å². The third kappa shape index (κ3) is 1.64. The number of aromatic nitrogens is 2. The van der Waals surface area contributed by atoms with Crippen molar-refractivity contribution in [3.8, 4) is 0 Å². The van der Waals surface area contributed by atoms with E-state index < -0.39 is 0 Å². The van der Waals surface area contributed by atoms with Crippen molar-refractivity contribution < 1.29 is 0 Å². The zero-order valence-electron chi connectivity index (χ0n) is 8.41. The molecule has 1 aromatic rings. The van der Waals surface area contributed by atoms with Crippen molar-refractivity contribution in [2.24, 2.45) is 5.92 Å². The predicted octanol–water partition coefficient (Wildman–Crippen LogP) is 2.82. The summed E-state index contributed by atoms with van der Waals surface area (Å²) in [5.41, 5.74) is 5.99. The molecule has 2 atom stereocenters. The summed E-state index contributed by atoms with van der Waals surface area (Å²) in [6.07, 6.45) is 6.98. The Balaban J connectivity index is 2.26. The number of nitrogens with two attached hydrogens (primary N) is 1. The summed E-state index contributed by atoms with van der Waals surface area (Å²) in [7, 11) is 0. The number of rotatable bonds is 2. The molecular formula is C10H16IN3. The van der Waals surface area contributed by atoms with Crippen molar-refractivity contribution in [1.29, 1.82) is 0 Å². The second-order valence-corrected chi connectivity index (χ2v) is 5.15. The zero-order valence-corrected chi connectivity index (χ0v) is 10.6. The van der Waals surface area contributed by atoms with E-state index in [2.05, 4.69) is 34.6 Å². The molecule has 1 fully saturated rings. The smallest absolute Gasteiger partial charge is 0.135 e. The first-order chi connectivity index (χ1) is 6.74. The van der Waals surface area contributed by atoms with Crippen LogP contribution in [0.25, 0.3) is 0 Å². The topological polar surface area (TPSA) is 43.8 Å². The maximum absolute atomic E-state index is 5.99. The van der Waals surface area contributed by atoms with Crippen LogP contribution >= 0.6 is 22.6 Å². The zero-order chi connectivity index (χ0) is 10.1. The molecule has 2 unspecified atom stereocenters. The summed E-state index contributed by atoms with van der Waals surface area (Å²) in [5, 5.41) is 4.38. The van der Waals surface area contributed by atoms with Gasteiger partial charge in [0.05, 0.1) is 15.8 Å². The Morgan fingerprint density at radius 2 is 2.43 bits per heavy atom.